The van der Waals surface area contributed by atoms with E-state index in [0.717, 1.165) is 67.0 Å². The number of aryl methyl sites for hydroxylation is 1. The van der Waals surface area contributed by atoms with Gasteiger partial charge in [-0.05, 0) is 74.5 Å². The van der Waals surface area contributed by atoms with E-state index in [9.17, 15) is 9.59 Å². The van der Waals surface area contributed by atoms with Gasteiger partial charge in [-0.2, -0.15) is 0 Å². The third kappa shape index (κ3) is 3.97. The Hall–Kier alpha value is -3.27. The van der Waals surface area contributed by atoms with E-state index in [-0.39, 0.29) is 23.8 Å². The lowest BCUT2D eigenvalue weighted by atomic mass is 9.90. The fourth-order valence-electron chi connectivity index (χ4n) is 5.69. The van der Waals surface area contributed by atoms with Crippen LogP contribution in [0.5, 0.6) is 0 Å². The van der Waals surface area contributed by atoms with Crippen LogP contribution in [-0.4, -0.2) is 49.6 Å². The number of thiophene rings is 1. The molecular formula is C26H29N7O2S. The van der Waals surface area contributed by atoms with Crippen LogP contribution < -0.4 is 10.6 Å². The minimum Gasteiger partial charge on any atom is -0.338 e. The van der Waals surface area contributed by atoms with Gasteiger partial charge in [0.2, 0.25) is 11.9 Å². The Labute approximate surface area is 213 Å². The van der Waals surface area contributed by atoms with E-state index in [1.807, 2.05) is 17.0 Å². The Morgan fingerprint density at radius 3 is 2.81 bits per heavy atom. The number of anilines is 3. The number of carbonyl (C=O) groups excluding carboxylic acids is 2. The average molecular weight is 504 g/mol. The van der Waals surface area contributed by atoms with E-state index >= 15 is 0 Å². The van der Waals surface area contributed by atoms with Crippen molar-refractivity contribution in [2.24, 2.45) is 11.3 Å². The zero-order valence-electron chi connectivity index (χ0n) is 20.1. The molecular weight excluding hydrogens is 474 g/mol. The maximum Gasteiger partial charge on any atom is 0.257 e. The van der Waals surface area contributed by atoms with Crippen molar-refractivity contribution in [3.05, 3.63) is 46.9 Å². The molecule has 4 aliphatic rings. The molecule has 0 bridgehead atoms. The van der Waals surface area contributed by atoms with Crippen molar-refractivity contribution in [3.63, 3.8) is 0 Å². The van der Waals surface area contributed by atoms with Gasteiger partial charge in [-0.15, -0.1) is 21.5 Å². The molecule has 1 atom stereocenters. The summed E-state index contributed by atoms with van der Waals surface area (Å²) in [6, 6.07) is 3.94. The van der Waals surface area contributed by atoms with Crippen molar-refractivity contribution in [2.75, 3.05) is 23.7 Å². The summed E-state index contributed by atoms with van der Waals surface area (Å²) in [5.41, 5.74) is 3.02. The third-order valence-corrected chi connectivity index (χ3v) is 9.41. The molecule has 10 heteroatoms. The molecule has 4 heterocycles. The Balaban J connectivity index is 1.19. The van der Waals surface area contributed by atoms with E-state index < -0.39 is 0 Å². The second-order valence-corrected chi connectivity index (χ2v) is 11.9. The molecule has 3 aromatic heterocycles. The van der Waals surface area contributed by atoms with Gasteiger partial charge in [0, 0.05) is 36.1 Å². The molecule has 36 heavy (non-hydrogen) atoms. The number of hydrogen-bond donors (Lipinski definition) is 2. The molecule has 3 aromatic rings. The van der Waals surface area contributed by atoms with Gasteiger partial charge < -0.3 is 15.5 Å². The Kier molecular flexibility index (Phi) is 5.13. The van der Waals surface area contributed by atoms with Crippen molar-refractivity contribution < 1.29 is 9.59 Å². The average Bonchev–Trinajstić information content (AvgIpc) is 3.74. The van der Waals surface area contributed by atoms with Crippen LogP contribution >= 0.6 is 11.3 Å². The minimum atomic E-state index is 0.0565. The van der Waals surface area contributed by atoms with Crippen LogP contribution in [0.4, 0.5) is 16.6 Å². The number of nitrogens with one attached hydrogen (secondary N) is 2. The molecule has 2 saturated carbocycles. The Morgan fingerprint density at radius 1 is 1.17 bits per heavy atom. The maximum atomic E-state index is 13.9. The molecule has 1 unspecified atom stereocenters. The predicted molar refractivity (Wildman–Crippen MR) is 136 cm³/mol. The number of fused-ring (bicyclic) bond motifs is 1. The number of pyridine rings is 1. The van der Waals surface area contributed by atoms with Crippen molar-refractivity contribution in [1.82, 2.24) is 24.6 Å². The SMILES string of the molecule is O=C(Nc1sc2c(c1C(=O)N1CCC3(CC3)C1)CC(n1cnnc1Nc1cccnc1)CC2)C1CC1. The Bertz CT molecular complexity index is 1330. The second-order valence-electron chi connectivity index (χ2n) is 10.8. The van der Waals surface area contributed by atoms with Gasteiger partial charge in [0.05, 0.1) is 17.4 Å². The number of nitrogens with zero attached hydrogens (tertiary/aromatic N) is 5. The van der Waals surface area contributed by atoms with Gasteiger partial charge in [-0.25, -0.2) is 0 Å². The standard InChI is InChI=1S/C26H29N7O2S/c34-22(16-3-4-16)30-23-21(24(35)32-11-9-26(14-32)7-8-26)19-12-18(5-6-20(19)36-23)33-15-28-31-25(33)29-17-2-1-10-27-13-17/h1-2,10,13,15-16,18H,3-9,11-12,14H2,(H,29,31)(H,30,34). The molecule has 3 aliphatic carbocycles. The van der Waals surface area contributed by atoms with Gasteiger partial charge in [0.25, 0.3) is 5.91 Å². The van der Waals surface area contributed by atoms with Gasteiger partial charge in [-0.1, -0.05) is 0 Å². The zero-order chi connectivity index (χ0) is 24.3. The highest BCUT2D eigenvalue weighted by molar-refractivity contribution is 7.17. The van der Waals surface area contributed by atoms with Gasteiger partial charge in [-0.3, -0.25) is 19.1 Å². The number of rotatable bonds is 6. The van der Waals surface area contributed by atoms with Gasteiger partial charge in [0.1, 0.15) is 11.3 Å². The van der Waals surface area contributed by atoms with Crippen molar-refractivity contribution in [1.29, 1.82) is 0 Å². The lowest BCUT2D eigenvalue weighted by molar-refractivity contribution is -0.117. The second kappa shape index (κ2) is 8.40. The first kappa shape index (κ1) is 22.0. The molecule has 2 amide bonds. The topological polar surface area (TPSA) is 105 Å². The summed E-state index contributed by atoms with van der Waals surface area (Å²) in [7, 11) is 0. The predicted octanol–water partition coefficient (Wildman–Crippen LogP) is 4.18. The van der Waals surface area contributed by atoms with E-state index in [4.69, 9.17) is 0 Å². The summed E-state index contributed by atoms with van der Waals surface area (Å²) in [6.07, 6.45) is 13.2. The summed E-state index contributed by atoms with van der Waals surface area (Å²) >= 11 is 1.60. The van der Waals surface area contributed by atoms with Crippen LogP contribution in [-0.2, 0) is 17.6 Å². The highest BCUT2D eigenvalue weighted by Crippen LogP contribution is 2.53. The number of likely N-dealkylation sites (tertiary alicyclic amines) is 1. The van der Waals surface area contributed by atoms with E-state index in [2.05, 4.69) is 30.4 Å². The molecule has 1 aliphatic heterocycles. The van der Waals surface area contributed by atoms with Crippen LogP contribution in [0.1, 0.15) is 65.4 Å². The highest BCUT2D eigenvalue weighted by Gasteiger charge is 2.49. The monoisotopic (exact) mass is 503 g/mol. The quantitative estimate of drug-likeness (QED) is 0.523. The normalized spacial score (nSPS) is 21.9. The van der Waals surface area contributed by atoms with Gasteiger partial charge in [0.15, 0.2) is 0 Å². The highest BCUT2D eigenvalue weighted by atomic mass is 32.1. The van der Waals surface area contributed by atoms with Crippen LogP contribution in [0.25, 0.3) is 0 Å². The summed E-state index contributed by atoms with van der Waals surface area (Å²) < 4.78 is 2.07. The van der Waals surface area contributed by atoms with Gasteiger partial charge >= 0.3 is 0 Å². The van der Waals surface area contributed by atoms with E-state index in [0.29, 0.717) is 17.8 Å². The number of amides is 2. The van der Waals surface area contributed by atoms with E-state index in [1.165, 1.54) is 17.7 Å². The van der Waals surface area contributed by atoms with Crippen LogP contribution in [0.3, 0.4) is 0 Å². The Morgan fingerprint density at radius 2 is 2.06 bits per heavy atom. The number of aromatic nitrogens is 4. The molecule has 0 radical (unpaired) electrons. The molecule has 3 fully saturated rings. The molecule has 7 rings (SSSR count). The first-order chi connectivity index (χ1) is 17.6. The minimum absolute atomic E-state index is 0.0565. The molecule has 186 valence electrons. The van der Waals surface area contributed by atoms with Crippen molar-refractivity contribution in [2.45, 2.75) is 57.4 Å². The van der Waals surface area contributed by atoms with Crippen molar-refractivity contribution >= 4 is 39.8 Å². The molecule has 1 saturated heterocycles. The molecule has 1 spiro atoms. The lowest BCUT2D eigenvalue weighted by Crippen LogP contribution is -2.31. The summed E-state index contributed by atoms with van der Waals surface area (Å²) in [5.74, 6) is 0.901. The van der Waals surface area contributed by atoms with E-state index in [1.54, 1.807) is 30.1 Å². The van der Waals surface area contributed by atoms with Crippen LogP contribution in [0.2, 0.25) is 0 Å². The first-order valence-corrected chi connectivity index (χ1v) is 13.7. The van der Waals surface area contributed by atoms with Crippen molar-refractivity contribution in [3.8, 4) is 0 Å². The van der Waals surface area contributed by atoms with Crippen LogP contribution in [0.15, 0.2) is 30.9 Å². The maximum absolute atomic E-state index is 13.9. The summed E-state index contributed by atoms with van der Waals surface area (Å²) in [4.78, 5) is 34.0. The number of hydrogen-bond acceptors (Lipinski definition) is 7. The molecule has 9 nitrogen and oxygen atoms in total. The fourth-order valence-corrected chi connectivity index (χ4v) is 6.93. The fraction of sp³-hybridized carbons (Fsp3) is 0.500. The molecule has 2 N–H and O–H groups in total. The smallest absolute Gasteiger partial charge is 0.257 e. The third-order valence-electron chi connectivity index (χ3n) is 8.20. The number of carbonyl (C=O) groups is 2. The first-order valence-electron chi connectivity index (χ1n) is 12.9. The van der Waals surface area contributed by atoms with Crippen LogP contribution in [0, 0.1) is 11.3 Å². The summed E-state index contributed by atoms with van der Waals surface area (Å²) in [6.45, 7) is 1.66. The summed E-state index contributed by atoms with van der Waals surface area (Å²) in [5, 5.41) is 15.7. The lowest BCUT2D eigenvalue weighted by Gasteiger charge is -2.26. The molecule has 0 aromatic carbocycles. The largest absolute Gasteiger partial charge is 0.338 e. The zero-order valence-corrected chi connectivity index (χ0v) is 20.9.